The average molecular weight is 283 g/mol. The summed E-state index contributed by atoms with van der Waals surface area (Å²) in [6.45, 7) is 9.85. The second-order valence-corrected chi connectivity index (χ2v) is 5.51. The Morgan fingerprint density at radius 3 is 2.95 bits per heavy atom. The molecule has 1 fully saturated rings. The highest BCUT2D eigenvalue weighted by Gasteiger charge is 2.21. The minimum Gasteiger partial charge on any atom is -0.377 e. The van der Waals surface area contributed by atoms with Crippen molar-refractivity contribution in [2.45, 2.75) is 32.9 Å². The van der Waals surface area contributed by atoms with E-state index in [4.69, 9.17) is 16.3 Å². The van der Waals surface area contributed by atoms with Crippen molar-refractivity contribution in [3.8, 4) is 0 Å². The topological polar surface area (TPSA) is 24.5 Å². The first-order chi connectivity index (χ1) is 9.13. The van der Waals surface area contributed by atoms with E-state index >= 15 is 0 Å². The molecule has 19 heavy (non-hydrogen) atoms. The zero-order valence-electron chi connectivity index (χ0n) is 11.9. The summed E-state index contributed by atoms with van der Waals surface area (Å²) in [5.74, 6) is 0. The fourth-order valence-electron chi connectivity index (χ4n) is 2.53. The lowest BCUT2D eigenvalue weighted by atomic mass is 10.1. The summed E-state index contributed by atoms with van der Waals surface area (Å²) in [6.07, 6.45) is 0. The molecule has 0 bridgehead atoms. The third-order valence-electron chi connectivity index (χ3n) is 3.66. The maximum atomic E-state index is 6.46. The van der Waals surface area contributed by atoms with Crippen LogP contribution >= 0.6 is 11.6 Å². The number of benzene rings is 1. The van der Waals surface area contributed by atoms with Crippen LogP contribution in [-0.2, 0) is 4.74 Å². The van der Waals surface area contributed by atoms with Crippen LogP contribution in [0.1, 0.15) is 32.4 Å². The first-order valence-corrected chi connectivity index (χ1v) is 7.38. The first-order valence-electron chi connectivity index (χ1n) is 7.00. The van der Waals surface area contributed by atoms with Gasteiger partial charge in [-0.2, -0.15) is 0 Å². The molecule has 106 valence electrons. The number of rotatable bonds is 4. The number of ether oxygens (including phenoxy) is 1. The van der Waals surface area contributed by atoms with Crippen molar-refractivity contribution in [2.75, 3.05) is 31.2 Å². The highest BCUT2D eigenvalue weighted by molar-refractivity contribution is 6.33. The summed E-state index contributed by atoms with van der Waals surface area (Å²) in [6, 6.07) is 7.08. The van der Waals surface area contributed by atoms with E-state index in [1.807, 2.05) is 0 Å². The minimum atomic E-state index is 0.332. The Labute approximate surface area is 120 Å². The van der Waals surface area contributed by atoms with Crippen molar-refractivity contribution in [2.24, 2.45) is 0 Å². The zero-order valence-corrected chi connectivity index (χ0v) is 12.7. The van der Waals surface area contributed by atoms with Crippen molar-refractivity contribution in [1.29, 1.82) is 0 Å². The van der Waals surface area contributed by atoms with Gasteiger partial charge >= 0.3 is 0 Å². The Kier molecular flexibility index (Phi) is 5.08. The number of nitrogens with one attached hydrogen (secondary N) is 1. The van der Waals surface area contributed by atoms with Crippen LogP contribution in [0.4, 0.5) is 5.69 Å². The van der Waals surface area contributed by atoms with Gasteiger partial charge in [-0.15, -0.1) is 0 Å². The van der Waals surface area contributed by atoms with Crippen LogP contribution in [0.2, 0.25) is 5.02 Å². The SMILES string of the molecule is CCNC(C)c1ccc(N2CCOCC2C)c(Cl)c1. The lowest BCUT2D eigenvalue weighted by Crippen LogP contribution is -2.43. The zero-order chi connectivity index (χ0) is 13.8. The molecule has 1 aliphatic heterocycles. The molecule has 0 spiro atoms. The van der Waals surface area contributed by atoms with Gasteiger partial charge in [0.25, 0.3) is 0 Å². The molecule has 4 heteroatoms. The molecule has 1 saturated heterocycles. The fraction of sp³-hybridized carbons (Fsp3) is 0.600. The molecule has 1 aromatic rings. The van der Waals surface area contributed by atoms with Gasteiger partial charge in [-0.05, 0) is 38.1 Å². The van der Waals surface area contributed by atoms with Gasteiger partial charge in [0.05, 0.1) is 23.9 Å². The van der Waals surface area contributed by atoms with Gasteiger partial charge in [0.15, 0.2) is 0 Å². The van der Waals surface area contributed by atoms with Crippen molar-refractivity contribution < 1.29 is 4.74 Å². The molecule has 1 aromatic carbocycles. The van der Waals surface area contributed by atoms with E-state index < -0.39 is 0 Å². The summed E-state index contributed by atoms with van der Waals surface area (Å²) in [7, 11) is 0. The monoisotopic (exact) mass is 282 g/mol. The van der Waals surface area contributed by atoms with E-state index in [1.54, 1.807) is 0 Å². The van der Waals surface area contributed by atoms with Gasteiger partial charge in [-0.3, -0.25) is 0 Å². The van der Waals surface area contributed by atoms with Gasteiger partial charge in [0.1, 0.15) is 0 Å². The van der Waals surface area contributed by atoms with Crippen LogP contribution < -0.4 is 10.2 Å². The Bertz CT molecular complexity index is 425. The molecule has 0 radical (unpaired) electrons. The van der Waals surface area contributed by atoms with Crippen molar-refractivity contribution in [1.82, 2.24) is 5.32 Å². The van der Waals surface area contributed by atoms with Crippen LogP contribution in [-0.4, -0.2) is 32.3 Å². The van der Waals surface area contributed by atoms with E-state index in [1.165, 1.54) is 5.56 Å². The molecule has 1 aliphatic rings. The van der Waals surface area contributed by atoms with Crippen LogP contribution in [0.15, 0.2) is 18.2 Å². The minimum absolute atomic E-state index is 0.332. The summed E-state index contributed by atoms with van der Waals surface area (Å²) >= 11 is 6.46. The lowest BCUT2D eigenvalue weighted by Gasteiger charge is -2.36. The molecule has 0 saturated carbocycles. The highest BCUT2D eigenvalue weighted by Crippen LogP contribution is 2.31. The molecule has 3 nitrogen and oxygen atoms in total. The molecule has 0 aliphatic carbocycles. The van der Waals surface area contributed by atoms with Gasteiger partial charge in [-0.1, -0.05) is 24.6 Å². The number of hydrogen-bond acceptors (Lipinski definition) is 3. The van der Waals surface area contributed by atoms with Crippen LogP contribution in [0.25, 0.3) is 0 Å². The summed E-state index contributed by atoms with van der Waals surface area (Å²) in [4.78, 5) is 2.33. The molecular formula is C15H23ClN2O. The number of halogens is 1. The number of anilines is 1. The van der Waals surface area contributed by atoms with Gasteiger partial charge in [-0.25, -0.2) is 0 Å². The predicted octanol–water partition coefficient (Wildman–Crippen LogP) is 3.24. The van der Waals surface area contributed by atoms with Crippen LogP contribution in [0, 0.1) is 0 Å². The van der Waals surface area contributed by atoms with Gasteiger partial charge in [0.2, 0.25) is 0 Å². The number of morpholine rings is 1. The maximum absolute atomic E-state index is 6.46. The van der Waals surface area contributed by atoms with E-state index in [0.717, 1.165) is 37.0 Å². The van der Waals surface area contributed by atoms with Crippen molar-refractivity contribution >= 4 is 17.3 Å². The van der Waals surface area contributed by atoms with E-state index in [9.17, 15) is 0 Å². The molecule has 0 aromatic heterocycles. The van der Waals surface area contributed by atoms with E-state index in [2.05, 4.69) is 49.2 Å². The molecule has 2 rings (SSSR count). The Balaban J connectivity index is 2.18. The highest BCUT2D eigenvalue weighted by atomic mass is 35.5. The quantitative estimate of drug-likeness (QED) is 0.918. The summed E-state index contributed by atoms with van der Waals surface area (Å²) in [5, 5.41) is 4.23. The third-order valence-corrected chi connectivity index (χ3v) is 3.96. The molecule has 0 amide bonds. The average Bonchev–Trinajstić information content (AvgIpc) is 2.40. The van der Waals surface area contributed by atoms with Gasteiger partial charge < -0.3 is 15.0 Å². The fourth-order valence-corrected chi connectivity index (χ4v) is 2.83. The predicted molar refractivity (Wildman–Crippen MR) is 81.2 cm³/mol. The second kappa shape index (κ2) is 6.60. The normalized spacial score (nSPS) is 21.5. The molecule has 2 atom stereocenters. The standard InChI is InChI=1S/C15H23ClN2O/c1-4-17-12(3)13-5-6-15(14(16)9-13)18-7-8-19-10-11(18)2/h5-6,9,11-12,17H,4,7-8,10H2,1-3H3. The van der Waals surface area contributed by atoms with E-state index in [0.29, 0.717) is 12.1 Å². The summed E-state index contributed by atoms with van der Waals surface area (Å²) in [5.41, 5.74) is 2.35. The molecular weight excluding hydrogens is 260 g/mol. The van der Waals surface area contributed by atoms with Crippen LogP contribution in [0.5, 0.6) is 0 Å². The summed E-state index contributed by atoms with van der Waals surface area (Å²) < 4.78 is 5.47. The molecule has 1 N–H and O–H groups in total. The Hall–Kier alpha value is -0.770. The lowest BCUT2D eigenvalue weighted by molar-refractivity contribution is 0.0989. The second-order valence-electron chi connectivity index (χ2n) is 5.11. The molecule has 1 heterocycles. The van der Waals surface area contributed by atoms with Crippen molar-refractivity contribution in [3.05, 3.63) is 28.8 Å². The maximum Gasteiger partial charge on any atom is 0.0668 e. The number of hydrogen-bond donors (Lipinski definition) is 1. The Morgan fingerprint density at radius 1 is 1.53 bits per heavy atom. The van der Waals surface area contributed by atoms with E-state index in [-0.39, 0.29) is 0 Å². The Morgan fingerprint density at radius 2 is 2.32 bits per heavy atom. The first kappa shape index (κ1) is 14.6. The van der Waals surface area contributed by atoms with Crippen LogP contribution in [0.3, 0.4) is 0 Å². The van der Waals surface area contributed by atoms with Gasteiger partial charge in [0, 0.05) is 18.6 Å². The smallest absolute Gasteiger partial charge is 0.0668 e. The molecule has 2 unspecified atom stereocenters. The largest absolute Gasteiger partial charge is 0.377 e. The van der Waals surface area contributed by atoms with Crippen molar-refractivity contribution in [3.63, 3.8) is 0 Å². The third kappa shape index (κ3) is 3.41. The number of nitrogens with zero attached hydrogens (tertiary/aromatic N) is 1.